The molecule has 2 aromatic carbocycles. The molecule has 26 heavy (non-hydrogen) atoms. The van der Waals surface area contributed by atoms with Crippen molar-refractivity contribution >= 4 is 27.3 Å². The van der Waals surface area contributed by atoms with Crippen molar-refractivity contribution in [1.29, 1.82) is 0 Å². The molecule has 7 heteroatoms. The average molecular weight is 394 g/mol. The Bertz CT molecular complexity index is 925. The molecule has 0 spiro atoms. The van der Waals surface area contributed by atoms with Crippen LogP contribution in [0.2, 0.25) is 5.02 Å². The summed E-state index contributed by atoms with van der Waals surface area (Å²) in [5.41, 5.74) is 1.36. The molecule has 1 saturated heterocycles. The molecule has 1 atom stereocenters. The minimum atomic E-state index is -3.50. The summed E-state index contributed by atoms with van der Waals surface area (Å²) in [5, 5.41) is 0.122. The number of halogens is 1. The molecule has 1 aliphatic heterocycles. The van der Waals surface area contributed by atoms with E-state index in [9.17, 15) is 13.2 Å². The molecule has 0 aliphatic carbocycles. The van der Waals surface area contributed by atoms with Gasteiger partial charge in [-0.25, -0.2) is 8.42 Å². The first-order chi connectivity index (χ1) is 12.3. The van der Waals surface area contributed by atoms with E-state index in [2.05, 4.69) is 0 Å². The summed E-state index contributed by atoms with van der Waals surface area (Å²) in [5.74, 6) is 0.574. The summed E-state index contributed by atoms with van der Waals surface area (Å²) in [6.07, 6.45) is 2.85. The van der Waals surface area contributed by atoms with Gasteiger partial charge in [0.15, 0.2) is 9.84 Å². The number of amides is 1. The van der Waals surface area contributed by atoms with Crippen LogP contribution in [0.25, 0.3) is 0 Å². The molecule has 1 heterocycles. The second kappa shape index (κ2) is 7.29. The molecular formula is C19H20ClNO4S. The smallest absolute Gasteiger partial charge is 0.254 e. The maximum atomic E-state index is 13.0. The fraction of sp³-hybridized carbons (Fsp3) is 0.316. The number of benzene rings is 2. The second-order valence-electron chi connectivity index (χ2n) is 6.35. The number of hydrogen-bond donors (Lipinski definition) is 0. The van der Waals surface area contributed by atoms with Gasteiger partial charge < -0.3 is 9.64 Å². The fourth-order valence-corrected chi connectivity index (χ4v) is 4.57. The van der Waals surface area contributed by atoms with Crippen molar-refractivity contribution in [1.82, 2.24) is 4.90 Å². The van der Waals surface area contributed by atoms with Crippen molar-refractivity contribution in [2.24, 2.45) is 0 Å². The van der Waals surface area contributed by atoms with Gasteiger partial charge in [0.1, 0.15) is 5.75 Å². The van der Waals surface area contributed by atoms with Crippen LogP contribution in [0, 0.1) is 0 Å². The van der Waals surface area contributed by atoms with Gasteiger partial charge in [0.25, 0.3) is 5.91 Å². The molecule has 0 N–H and O–H groups in total. The summed E-state index contributed by atoms with van der Waals surface area (Å²) in [6, 6.07) is 12.0. The summed E-state index contributed by atoms with van der Waals surface area (Å²) < 4.78 is 28.9. The van der Waals surface area contributed by atoms with E-state index >= 15 is 0 Å². The molecule has 1 unspecified atom stereocenters. The number of hydrogen-bond acceptors (Lipinski definition) is 4. The Hall–Kier alpha value is -2.05. The van der Waals surface area contributed by atoms with Gasteiger partial charge in [-0.1, -0.05) is 23.7 Å². The number of rotatable bonds is 4. The third-order valence-electron chi connectivity index (χ3n) is 4.59. The van der Waals surface area contributed by atoms with Gasteiger partial charge >= 0.3 is 0 Å². The molecule has 1 aliphatic rings. The first-order valence-corrected chi connectivity index (χ1v) is 10.5. The Morgan fingerprint density at radius 3 is 2.50 bits per heavy atom. The highest BCUT2D eigenvalue weighted by Crippen LogP contribution is 2.34. The quantitative estimate of drug-likeness (QED) is 0.793. The Morgan fingerprint density at radius 1 is 1.19 bits per heavy atom. The van der Waals surface area contributed by atoms with Crippen LogP contribution in [0.4, 0.5) is 0 Å². The molecule has 0 aromatic heterocycles. The SMILES string of the molecule is COc1ccc(C2CCCN2C(=O)c2ccc(Cl)c(S(C)(=O)=O)c2)cc1. The molecule has 138 valence electrons. The summed E-state index contributed by atoms with van der Waals surface area (Å²) in [6.45, 7) is 0.631. The maximum absolute atomic E-state index is 13.0. The Kier molecular flexibility index (Phi) is 5.25. The van der Waals surface area contributed by atoms with E-state index in [0.717, 1.165) is 30.4 Å². The number of methoxy groups -OCH3 is 1. The first-order valence-electron chi connectivity index (χ1n) is 8.26. The maximum Gasteiger partial charge on any atom is 0.254 e. The number of carbonyl (C=O) groups is 1. The van der Waals surface area contributed by atoms with Crippen LogP contribution in [-0.4, -0.2) is 39.1 Å². The summed E-state index contributed by atoms with van der Waals surface area (Å²) >= 11 is 5.98. The van der Waals surface area contributed by atoms with Gasteiger partial charge in [0.2, 0.25) is 0 Å². The topological polar surface area (TPSA) is 63.7 Å². The van der Waals surface area contributed by atoms with Crippen molar-refractivity contribution < 1.29 is 17.9 Å². The largest absolute Gasteiger partial charge is 0.497 e. The summed E-state index contributed by atoms with van der Waals surface area (Å²) in [4.78, 5) is 14.8. The van der Waals surface area contributed by atoms with Crippen LogP contribution < -0.4 is 4.74 Å². The van der Waals surface area contributed by atoms with Crippen LogP contribution in [0.1, 0.15) is 34.8 Å². The van der Waals surface area contributed by atoms with E-state index in [1.807, 2.05) is 24.3 Å². The molecular weight excluding hydrogens is 374 g/mol. The zero-order chi connectivity index (χ0) is 18.9. The molecule has 3 rings (SSSR count). The summed E-state index contributed by atoms with van der Waals surface area (Å²) in [7, 11) is -1.89. The van der Waals surface area contributed by atoms with Crippen LogP contribution >= 0.6 is 11.6 Å². The van der Waals surface area contributed by atoms with Crippen molar-refractivity contribution in [2.45, 2.75) is 23.8 Å². The van der Waals surface area contributed by atoms with E-state index in [-0.39, 0.29) is 21.9 Å². The van der Waals surface area contributed by atoms with Crippen molar-refractivity contribution in [3.05, 3.63) is 58.6 Å². The van der Waals surface area contributed by atoms with E-state index < -0.39 is 9.84 Å². The highest BCUT2D eigenvalue weighted by atomic mass is 35.5. The first kappa shape index (κ1) is 18.7. The third-order valence-corrected chi connectivity index (χ3v) is 6.17. The number of ether oxygens (including phenoxy) is 1. The number of likely N-dealkylation sites (tertiary alicyclic amines) is 1. The van der Waals surface area contributed by atoms with Gasteiger partial charge in [-0.15, -0.1) is 0 Å². The lowest BCUT2D eigenvalue weighted by Gasteiger charge is -2.25. The zero-order valence-electron chi connectivity index (χ0n) is 14.6. The fourth-order valence-electron chi connectivity index (χ4n) is 3.27. The Morgan fingerprint density at radius 2 is 1.88 bits per heavy atom. The van der Waals surface area contributed by atoms with Crippen molar-refractivity contribution in [3.63, 3.8) is 0 Å². The Balaban J connectivity index is 1.91. The monoisotopic (exact) mass is 393 g/mol. The second-order valence-corrected chi connectivity index (χ2v) is 8.74. The van der Waals surface area contributed by atoms with Gasteiger partial charge in [-0.05, 0) is 48.7 Å². The lowest BCUT2D eigenvalue weighted by Crippen LogP contribution is -2.30. The molecule has 5 nitrogen and oxygen atoms in total. The van der Waals surface area contributed by atoms with Gasteiger partial charge in [-0.2, -0.15) is 0 Å². The lowest BCUT2D eigenvalue weighted by molar-refractivity contribution is 0.0735. The van der Waals surface area contributed by atoms with Gasteiger partial charge in [0.05, 0.1) is 23.1 Å². The zero-order valence-corrected chi connectivity index (χ0v) is 16.2. The highest BCUT2D eigenvalue weighted by molar-refractivity contribution is 7.90. The van der Waals surface area contributed by atoms with Crippen LogP contribution in [0.3, 0.4) is 0 Å². The normalized spacial score (nSPS) is 17.3. The molecule has 2 aromatic rings. The molecule has 0 bridgehead atoms. The third kappa shape index (κ3) is 3.71. The van der Waals surface area contributed by atoms with Crippen LogP contribution in [-0.2, 0) is 9.84 Å². The predicted octanol–water partition coefficient (Wildman–Crippen LogP) is 3.73. The van der Waals surface area contributed by atoms with Crippen LogP contribution in [0.5, 0.6) is 5.75 Å². The highest BCUT2D eigenvalue weighted by Gasteiger charge is 2.31. The van der Waals surface area contributed by atoms with E-state index in [4.69, 9.17) is 16.3 Å². The molecule has 0 saturated carbocycles. The average Bonchev–Trinajstić information content (AvgIpc) is 3.10. The van der Waals surface area contributed by atoms with Gasteiger partial charge in [-0.3, -0.25) is 4.79 Å². The van der Waals surface area contributed by atoms with Gasteiger partial charge in [0, 0.05) is 18.4 Å². The van der Waals surface area contributed by atoms with E-state index in [1.54, 1.807) is 18.1 Å². The van der Waals surface area contributed by atoms with Crippen molar-refractivity contribution in [2.75, 3.05) is 19.9 Å². The number of nitrogens with zero attached hydrogens (tertiary/aromatic N) is 1. The van der Waals surface area contributed by atoms with E-state index in [1.165, 1.54) is 12.1 Å². The standard InChI is InChI=1S/C19H20ClNO4S/c1-25-15-8-5-13(6-9-15)17-4-3-11-21(17)19(22)14-7-10-16(20)18(12-14)26(2,23)24/h5-10,12,17H,3-4,11H2,1-2H3. The molecule has 0 radical (unpaired) electrons. The molecule has 1 fully saturated rings. The number of sulfone groups is 1. The predicted molar refractivity (Wildman–Crippen MR) is 101 cm³/mol. The van der Waals surface area contributed by atoms with Crippen LogP contribution in [0.15, 0.2) is 47.4 Å². The van der Waals surface area contributed by atoms with Crippen molar-refractivity contribution in [3.8, 4) is 5.75 Å². The Labute approximate surface area is 158 Å². The minimum Gasteiger partial charge on any atom is -0.497 e. The lowest BCUT2D eigenvalue weighted by atomic mass is 10.0. The number of carbonyl (C=O) groups excluding carboxylic acids is 1. The van der Waals surface area contributed by atoms with E-state index in [0.29, 0.717) is 12.1 Å². The molecule has 1 amide bonds. The minimum absolute atomic E-state index is 0.0230.